The zero-order chi connectivity index (χ0) is 21.8. The topological polar surface area (TPSA) is 121 Å². The number of hydrogen-bond acceptors (Lipinski definition) is 6. The first-order valence-corrected chi connectivity index (χ1v) is 8.86. The van der Waals surface area contributed by atoms with Crippen molar-refractivity contribution in [2.45, 2.75) is 27.7 Å². The third-order valence-electron chi connectivity index (χ3n) is 5.35. The highest BCUT2D eigenvalue weighted by molar-refractivity contribution is 6.36. The van der Waals surface area contributed by atoms with Gasteiger partial charge in [0.25, 0.3) is 0 Å². The first-order chi connectivity index (χ1) is 13.5. The van der Waals surface area contributed by atoms with Crippen LogP contribution in [-0.4, -0.2) is 38.5 Å². The van der Waals surface area contributed by atoms with Crippen LogP contribution < -0.4 is 5.46 Å². The van der Waals surface area contributed by atoms with E-state index in [0.717, 1.165) is 5.56 Å². The number of aromatic hydroxyl groups is 6. The first kappa shape index (κ1) is 20.3. The molecule has 0 spiro atoms. The van der Waals surface area contributed by atoms with Gasteiger partial charge in [-0.15, -0.1) is 0 Å². The quantitative estimate of drug-likeness (QED) is 0.226. The Balaban J connectivity index is 2.37. The predicted octanol–water partition coefficient (Wildman–Crippen LogP) is 3.28. The van der Waals surface area contributed by atoms with Crippen LogP contribution in [0.1, 0.15) is 22.3 Å². The van der Waals surface area contributed by atoms with Crippen LogP contribution in [-0.2, 0) is 0 Å². The number of aryl methyl sites for hydroxylation is 1. The second kappa shape index (κ2) is 6.85. The zero-order valence-corrected chi connectivity index (χ0v) is 16.5. The summed E-state index contributed by atoms with van der Waals surface area (Å²) < 4.78 is 0. The minimum Gasteiger partial charge on any atom is -0.508 e. The summed E-state index contributed by atoms with van der Waals surface area (Å²) in [6.45, 7) is 6.64. The molecule has 0 aliphatic carbocycles. The smallest absolute Gasteiger partial charge is 0.204 e. The second-order valence-electron chi connectivity index (χ2n) is 7.22. The summed E-state index contributed by atoms with van der Waals surface area (Å²) in [6.07, 6.45) is 0. The van der Waals surface area contributed by atoms with E-state index >= 15 is 0 Å². The van der Waals surface area contributed by atoms with E-state index in [1.807, 2.05) is 0 Å². The molecule has 0 heterocycles. The normalized spacial score (nSPS) is 11.0. The molecule has 7 heteroatoms. The molecule has 3 rings (SSSR count). The van der Waals surface area contributed by atoms with Gasteiger partial charge in [0.15, 0.2) is 11.5 Å². The minimum absolute atomic E-state index is 0.110. The van der Waals surface area contributed by atoms with Gasteiger partial charge in [-0.05, 0) is 61.6 Å². The summed E-state index contributed by atoms with van der Waals surface area (Å²) in [5.74, 6) is -3.19. The Bertz CT molecular complexity index is 1020. The molecule has 0 atom stereocenters. The van der Waals surface area contributed by atoms with E-state index in [-0.39, 0.29) is 33.7 Å². The highest BCUT2D eigenvalue weighted by atomic mass is 16.3. The van der Waals surface area contributed by atoms with E-state index in [1.54, 1.807) is 39.0 Å². The Morgan fingerprint density at radius 2 is 1.03 bits per heavy atom. The lowest BCUT2D eigenvalue weighted by Crippen LogP contribution is -2.11. The molecule has 0 bridgehead atoms. The number of phenolic OH excluding ortho intramolecular Hbond substituents is 6. The lowest BCUT2D eigenvalue weighted by Gasteiger charge is -2.19. The van der Waals surface area contributed by atoms with Crippen LogP contribution in [0, 0.1) is 27.7 Å². The van der Waals surface area contributed by atoms with Gasteiger partial charge in [0.05, 0.1) is 5.56 Å². The molecule has 0 aliphatic rings. The van der Waals surface area contributed by atoms with Gasteiger partial charge in [0.2, 0.25) is 11.5 Å². The summed E-state index contributed by atoms with van der Waals surface area (Å²) in [4.78, 5) is 0. The SMILES string of the molecule is [B]c1c(C)c(C)c(O)c(-c2cc(C)cc(-c3c(C)c(O)c(O)c(O)c3O)c2)c1O. The predicted molar refractivity (Wildman–Crippen MR) is 112 cm³/mol. The van der Waals surface area contributed by atoms with Crippen LogP contribution in [0.4, 0.5) is 0 Å². The second-order valence-corrected chi connectivity index (χ2v) is 7.22. The van der Waals surface area contributed by atoms with E-state index in [0.29, 0.717) is 22.3 Å². The Labute approximate surface area is 169 Å². The minimum atomic E-state index is -0.840. The highest BCUT2D eigenvalue weighted by Crippen LogP contribution is 2.51. The zero-order valence-electron chi connectivity index (χ0n) is 16.5. The van der Waals surface area contributed by atoms with Crippen LogP contribution in [0.5, 0.6) is 34.5 Å². The third kappa shape index (κ3) is 2.99. The fraction of sp³-hybridized carbons (Fsp3) is 0.182. The molecular formula is C22H21BO6. The van der Waals surface area contributed by atoms with Crippen molar-refractivity contribution >= 4 is 13.3 Å². The largest absolute Gasteiger partial charge is 0.508 e. The third-order valence-corrected chi connectivity index (χ3v) is 5.35. The van der Waals surface area contributed by atoms with Gasteiger partial charge in [0.1, 0.15) is 19.3 Å². The Kier molecular flexibility index (Phi) is 4.78. The van der Waals surface area contributed by atoms with Crippen molar-refractivity contribution in [2.75, 3.05) is 0 Å². The van der Waals surface area contributed by atoms with Gasteiger partial charge in [-0.3, -0.25) is 0 Å². The maximum absolute atomic E-state index is 10.6. The van der Waals surface area contributed by atoms with E-state index in [1.165, 1.54) is 6.92 Å². The van der Waals surface area contributed by atoms with Gasteiger partial charge >= 0.3 is 0 Å². The molecule has 3 aromatic carbocycles. The van der Waals surface area contributed by atoms with Gasteiger partial charge < -0.3 is 30.6 Å². The van der Waals surface area contributed by atoms with Crippen LogP contribution in [0.2, 0.25) is 0 Å². The molecule has 0 amide bonds. The van der Waals surface area contributed by atoms with E-state index in [4.69, 9.17) is 7.85 Å². The van der Waals surface area contributed by atoms with E-state index in [9.17, 15) is 30.6 Å². The molecule has 0 fully saturated rings. The number of benzene rings is 3. The van der Waals surface area contributed by atoms with Crippen molar-refractivity contribution in [2.24, 2.45) is 0 Å². The van der Waals surface area contributed by atoms with Crippen LogP contribution in [0.3, 0.4) is 0 Å². The van der Waals surface area contributed by atoms with Crippen LogP contribution >= 0.6 is 0 Å². The standard InChI is InChI=1S/C22H21BO6/c1-8-5-12(14-11(4)18(25)21(28)22(29)20(14)27)7-13(6-8)15-17(24)10(3)9(2)16(23)19(15)26/h5-7,24-29H,1-4H3. The summed E-state index contributed by atoms with van der Waals surface area (Å²) >= 11 is 0. The molecule has 148 valence electrons. The maximum atomic E-state index is 10.6. The summed E-state index contributed by atoms with van der Waals surface area (Å²) in [5.41, 5.74) is 3.19. The number of rotatable bonds is 2. The molecule has 6 nitrogen and oxygen atoms in total. The van der Waals surface area contributed by atoms with Crippen LogP contribution in [0.25, 0.3) is 22.3 Å². The molecule has 0 aromatic heterocycles. The maximum Gasteiger partial charge on any atom is 0.204 e. The fourth-order valence-corrected chi connectivity index (χ4v) is 3.51. The van der Waals surface area contributed by atoms with Gasteiger partial charge in [-0.2, -0.15) is 0 Å². The molecule has 29 heavy (non-hydrogen) atoms. The summed E-state index contributed by atoms with van der Waals surface area (Å²) in [5, 5.41) is 61.4. The molecule has 2 radical (unpaired) electrons. The van der Waals surface area contributed by atoms with Crippen molar-refractivity contribution in [3.8, 4) is 56.8 Å². The summed E-state index contributed by atoms with van der Waals surface area (Å²) in [6, 6.07) is 4.99. The fourth-order valence-electron chi connectivity index (χ4n) is 3.51. The molecule has 0 aliphatic heterocycles. The van der Waals surface area contributed by atoms with Gasteiger partial charge in [-0.25, -0.2) is 0 Å². The molecule has 3 aromatic rings. The van der Waals surface area contributed by atoms with E-state index in [2.05, 4.69) is 0 Å². The van der Waals surface area contributed by atoms with Crippen molar-refractivity contribution in [1.29, 1.82) is 0 Å². The molecule has 6 N–H and O–H groups in total. The van der Waals surface area contributed by atoms with Crippen molar-refractivity contribution < 1.29 is 30.6 Å². The van der Waals surface area contributed by atoms with Gasteiger partial charge in [-0.1, -0.05) is 17.6 Å². The highest BCUT2D eigenvalue weighted by Gasteiger charge is 2.24. The van der Waals surface area contributed by atoms with Gasteiger partial charge in [0, 0.05) is 11.1 Å². The molecular weight excluding hydrogens is 371 g/mol. The van der Waals surface area contributed by atoms with Crippen molar-refractivity contribution in [1.82, 2.24) is 0 Å². The average Bonchev–Trinajstić information content (AvgIpc) is 2.67. The van der Waals surface area contributed by atoms with Crippen molar-refractivity contribution in [3.63, 3.8) is 0 Å². The lowest BCUT2D eigenvalue weighted by molar-refractivity contribution is 0.345. The number of phenols is 6. The van der Waals surface area contributed by atoms with Crippen molar-refractivity contribution in [3.05, 3.63) is 40.5 Å². The molecule has 0 unspecified atom stereocenters. The van der Waals surface area contributed by atoms with Crippen LogP contribution in [0.15, 0.2) is 18.2 Å². The Morgan fingerprint density at radius 1 is 0.517 bits per heavy atom. The lowest BCUT2D eigenvalue weighted by atomic mass is 9.82. The first-order valence-electron chi connectivity index (χ1n) is 8.86. The Morgan fingerprint density at radius 3 is 1.62 bits per heavy atom. The number of hydrogen-bond donors (Lipinski definition) is 6. The van der Waals surface area contributed by atoms with E-state index < -0.39 is 23.0 Å². The molecule has 0 saturated heterocycles. The average molecular weight is 392 g/mol. The Hall–Kier alpha value is -3.48. The monoisotopic (exact) mass is 392 g/mol. The summed E-state index contributed by atoms with van der Waals surface area (Å²) in [7, 11) is 5.99. The molecule has 0 saturated carbocycles.